The van der Waals surface area contributed by atoms with Crippen LogP contribution in [0, 0.1) is 5.92 Å². The standard InChI is InChI=1S/C12H23NO3/c1-3-16-12(15)7-9(2)13-8-10-5-4-6-11(10)14/h9-11,13-14H,3-8H2,1-2H3. The van der Waals surface area contributed by atoms with Crippen LogP contribution in [0.3, 0.4) is 0 Å². The fraction of sp³-hybridized carbons (Fsp3) is 0.917. The lowest BCUT2D eigenvalue weighted by Crippen LogP contribution is -2.35. The van der Waals surface area contributed by atoms with Gasteiger partial charge in [-0.3, -0.25) is 4.79 Å². The van der Waals surface area contributed by atoms with E-state index in [4.69, 9.17) is 4.74 Å². The Morgan fingerprint density at radius 2 is 2.31 bits per heavy atom. The third-order valence-electron chi connectivity index (χ3n) is 3.13. The Kier molecular flexibility index (Phi) is 5.77. The molecule has 0 aromatic carbocycles. The lowest BCUT2D eigenvalue weighted by molar-refractivity contribution is -0.143. The van der Waals surface area contributed by atoms with Crippen molar-refractivity contribution >= 4 is 5.97 Å². The number of aliphatic hydroxyl groups excluding tert-OH is 1. The fourth-order valence-corrected chi connectivity index (χ4v) is 2.15. The van der Waals surface area contributed by atoms with E-state index < -0.39 is 0 Å². The van der Waals surface area contributed by atoms with Gasteiger partial charge < -0.3 is 15.2 Å². The molecule has 0 aromatic rings. The van der Waals surface area contributed by atoms with Crippen LogP contribution in [0.25, 0.3) is 0 Å². The zero-order chi connectivity index (χ0) is 12.0. The first-order valence-electron chi connectivity index (χ1n) is 6.20. The summed E-state index contributed by atoms with van der Waals surface area (Å²) in [5, 5.41) is 12.9. The molecule has 0 aromatic heterocycles. The number of ether oxygens (including phenoxy) is 1. The first-order valence-corrected chi connectivity index (χ1v) is 6.20. The number of esters is 1. The summed E-state index contributed by atoms with van der Waals surface area (Å²) in [4.78, 5) is 11.2. The number of carbonyl (C=O) groups excluding carboxylic acids is 1. The Labute approximate surface area is 97.4 Å². The van der Waals surface area contributed by atoms with E-state index in [1.807, 2.05) is 13.8 Å². The summed E-state index contributed by atoms with van der Waals surface area (Å²) in [5.41, 5.74) is 0. The minimum atomic E-state index is -0.165. The molecule has 1 fully saturated rings. The van der Waals surface area contributed by atoms with Gasteiger partial charge in [-0.2, -0.15) is 0 Å². The van der Waals surface area contributed by atoms with Crippen LogP contribution in [0.5, 0.6) is 0 Å². The molecular formula is C12H23NO3. The molecule has 1 aliphatic rings. The normalized spacial score (nSPS) is 26.7. The third-order valence-corrected chi connectivity index (χ3v) is 3.13. The summed E-state index contributed by atoms with van der Waals surface area (Å²) in [6.07, 6.45) is 3.34. The highest BCUT2D eigenvalue weighted by molar-refractivity contribution is 5.69. The van der Waals surface area contributed by atoms with Gasteiger partial charge in [0.05, 0.1) is 19.1 Å². The molecule has 0 heterocycles. The molecular weight excluding hydrogens is 206 g/mol. The SMILES string of the molecule is CCOC(=O)CC(C)NCC1CCCC1O. The van der Waals surface area contributed by atoms with Crippen molar-refractivity contribution in [2.24, 2.45) is 5.92 Å². The quantitative estimate of drug-likeness (QED) is 0.669. The second-order valence-electron chi connectivity index (χ2n) is 4.58. The number of nitrogens with one attached hydrogen (secondary N) is 1. The minimum absolute atomic E-state index is 0.117. The average molecular weight is 229 g/mol. The summed E-state index contributed by atoms with van der Waals surface area (Å²) in [5.74, 6) is 0.194. The van der Waals surface area contributed by atoms with Gasteiger partial charge in [0.2, 0.25) is 0 Å². The first kappa shape index (κ1) is 13.5. The van der Waals surface area contributed by atoms with E-state index in [-0.39, 0.29) is 18.1 Å². The number of hydrogen-bond donors (Lipinski definition) is 2. The Morgan fingerprint density at radius 1 is 1.56 bits per heavy atom. The van der Waals surface area contributed by atoms with Crippen LogP contribution < -0.4 is 5.32 Å². The molecule has 4 nitrogen and oxygen atoms in total. The number of aliphatic hydroxyl groups is 1. The van der Waals surface area contributed by atoms with Crippen molar-refractivity contribution in [1.29, 1.82) is 0 Å². The van der Waals surface area contributed by atoms with Crippen LogP contribution in [0.1, 0.15) is 39.5 Å². The highest BCUT2D eigenvalue weighted by Gasteiger charge is 2.25. The van der Waals surface area contributed by atoms with Gasteiger partial charge in [0.1, 0.15) is 0 Å². The molecule has 1 aliphatic carbocycles. The van der Waals surface area contributed by atoms with Crippen molar-refractivity contribution in [1.82, 2.24) is 5.32 Å². The number of rotatable bonds is 6. The van der Waals surface area contributed by atoms with Crippen LogP contribution in [0.4, 0.5) is 0 Å². The van der Waals surface area contributed by atoms with Crippen molar-refractivity contribution in [3.05, 3.63) is 0 Å². The molecule has 0 amide bonds. The zero-order valence-corrected chi connectivity index (χ0v) is 10.2. The molecule has 0 spiro atoms. The van der Waals surface area contributed by atoms with Crippen LogP contribution in [0.15, 0.2) is 0 Å². The highest BCUT2D eigenvalue weighted by atomic mass is 16.5. The first-order chi connectivity index (χ1) is 7.63. The Morgan fingerprint density at radius 3 is 2.88 bits per heavy atom. The molecule has 3 atom stereocenters. The average Bonchev–Trinajstić information content (AvgIpc) is 2.61. The van der Waals surface area contributed by atoms with Gasteiger partial charge >= 0.3 is 5.97 Å². The van der Waals surface area contributed by atoms with E-state index in [0.29, 0.717) is 18.9 Å². The molecule has 1 saturated carbocycles. The largest absolute Gasteiger partial charge is 0.466 e. The Hall–Kier alpha value is -0.610. The van der Waals surface area contributed by atoms with Crippen molar-refractivity contribution in [2.45, 2.75) is 51.7 Å². The second-order valence-corrected chi connectivity index (χ2v) is 4.58. The van der Waals surface area contributed by atoms with E-state index >= 15 is 0 Å². The number of hydrogen-bond acceptors (Lipinski definition) is 4. The van der Waals surface area contributed by atoms with E-state index in [2.05, 4.69) is 5.32 Å². The Bertz CT molecular complexity index is 220. The maximum Gasteiger partial charge on any atom is 0.307 e. The summed E-state index contributed by atoms with van der Waals surface area (Å²) in [7, 11) is 0. The van der Waals surface area contributed by atoms with Gasteiger partial charge in [-0.15, -0.1) is 0 Å². The summed E-state index contributed by atoms with van der Waals surface area (Å²) >= 11 is 0. The molecule has 0 bridgehead atoms. The van der Waals surface area contributed by atoms with Gasteiger partial charge in [0, 0.05) is 12.6 Å². The molecule has 94 valence electrons. The summed E-state index contributed by atoms with van der Waals surface area (Å²) in [6, 6.07) is 0.117. The van der Waals surface area contributed by atoms with Gasteiger partial charge in [-0.1, -0.05) is 6.42 Å². The summed E-state index contributed by atoms with van der Waals surface area (Å²) < 4.78 is 4.88. The monoisotopic (exact) mass is 229 g/mol. The van der Waals surface area contributed by atoms with Crippen LogP contribution in [-0.4, -0.2) is 36.4 Å². The zero-order valence-electron chi connectivity index (χ0n) is 10.2. The molecule has 0 aliphatic heterocycles. The van der Waals surface area contributed by atoms with Gasteiger partial charge in [0.15, 0.2) is 0 Å². The second kappa shape index (κ2) is 6.86. The van der Waals surface area contributed by atoms with E-state index in [0.717, 1.165) is 25.8 Å². The van der Waals surface area contributed by atoms with E-state index in [1.54, 1.807) is 0 Å². The topological polar surface area (TPSA) is 58.6 Å². The molecule has 16 heavy (non-hydrogen) atoms. The van der Waals surface area contributed by atoms with Crippen molar-refractivity contribution in [3.63, 3.8) is 0 Å². The predicted octanol–water partition coefficient (Wildman–Crippen LogP) is 1.08. The smallest absolute Gasteiger partial charge is 0.307 e. The lowest BCUT2D eigenvalue weighted by Gasteiger charge is -2.18. The van der Waals surface area contributed by atoms with Crippen molar-refractivity contribution in [2.75, 3.05) is 13.2 Å². The molecule has 0 saturated heterocycles. The number of carbonyl (C=O) groups is 1. The lowest BCUT2D eigenvalue weighted by atomic mass is 10.1. The van der Waals surface area contributed by atoms with Crippen LogP contribution in [0.2, 0.25) is 0 Å². The molecule has 1 rings (SSSR count). The van der Waals surface area contributed by atoms with Gasteiger partial charge in [-0.25, -0.2) is 0 Å². The third kappa shape index (κ3) is 4.49. The summed E-state index contributed by atoms with van der Waals surface area (Å²) in [6.45, 7) is 5.01. The maximum atomic E-state index is 11.2. The predicted molar refractivity (Wildman–Crippen MR) is 62.1 cm³/mol. The molecule has 2 N–H and O–H groups in total. The van der Waals surface area contributed by atoms with Crippen molar-refractivity contribution < 1.29 is 14.6 Å². The fourth-order valence-electron chi connectivity index (χ4n) is 2.15. The van der Waals surface area contributed by atoms with Crippen molar-refractivity contribution in [3.8, 4) is 0 Å². The van der Waals surface area contributed by atoms with E-state index in [9.17, 15) is 9.90 Å². The minimum Gasteiger partial charge on any atom is -0.466 e. The highest BCUT2D eigenvalue weighted by Crippen LogP contribution is 2.24. The molecule has 0 radical (unpaired) electrons. The molecule has 4 heteroatoms. The Balaban J connectivity index is 2.14. The molecule has 3 unspecified atom stereocenters. The van der Waals surface area contributed by atoms with E-state index in [1.165, 1.54) is 0 Å². The van der Waals surface area contributed by atoms with Gasteiger partial charge in [0.25, 0.3) is 0 Å². The van der Waals surface area contributed by atoms with Crippen LogP contribution >= 0.6 is 0 Å². The maximum absolute atomic E-state index is 11.2. The van der Waals surface area contributed by atoms with Crippen LogP contribution in [-0.2, 0) is 9.53 Å². The van der Waals surface area contributed by atoms with Gasteiger partial charge in [-0.05, 0) is 32.6 Å².